The monoisotopic (exact) mass is 415 g/mol. The van der Waals surface area contributed by atoms with Crippen LogP contribution in [-0.2, 0) is 21.2 Å². The van der Waals surface area contributed by atoms with Gasteiger partial charge in [0.15, 0.2) is 9.84 Å². The molecule has 0 aliphatic carbocycles. The highest BCUT2D eigenvalue weighted by atomic mass is 32.2. The van der Waals surface area contributed by atoms with E-state index in [2.05, 4.69) is 4.98 Å². The lowest BCUT2D eigenvalue weighted by Crippen LogP contribution is -2.49. The summed E-state index contributed by atoms with van der Waals surface area (Å²) in [5, 5.41) is 0. The molecule has 4 rings (SSSR count). The molecule has 0 bridgehead atoms. The van der Waals surface area contributed by atoms with Gasteiger partial charge in [-0.15, -0.1) is 0 Å². The molecule has 1 unspecified atom stereocenters. The molecule has 152 valence electrons. The standard InChI is InChI=1S/C21H22FN3O3S/c1-21(9-11-29(27,28)14-21)24(2)19(26)13-25-10-3-4-16-12-18(23-20(16)25)15-5-7-17(22)8-6-15/h3-8,10,12H,9,11,13-14H2,1-2H3. The van der Waals surface area contributed by atoms with Crippen LogP contribution < -0.4 is 0 Å². The van der Waals surface area contributed by atoms with E-state index in [1.807, 2.05) is 25.1 Å². The van der Waals surface area contributed by atoms with Crippen LogP contribution in [0.5, 0.6) is 0 Å². The maximum atomic E-state index is 13.2. The van der Waals surface area contributed by atoms with Gasteiger partial charge in [-0.25, -0.2) is 17.8 Å². The Morgan fingerprint density at radius 1 is 1.24 bits per heavy atom. The molecule has 8 heteroatoms. The molecule has 1 aromatic carbocycles. The van der Waals surface area contributed by atoms with E-state index in [0.29, 0.717) is 17.9 Å². The van der Waals surface area contributed by atoms with Crippen LogP contribution in [0.2, 0.25) is 0 Å². The highest BCUT2D eigenvalue weighted by Crippen LogP contribution is 2.31. The van der Waals surface area contributed by atoms with Gasteiger partial charge in [0, 0.05) is 24.4 Å². The number of likely N-dealkylation sites (N-methyl/N-ethyl adjacent to an activating group) is 1. The second-order valence-corrected chi connectivity index (χ2v) is 10.0. The molecule has 3 aliphatic heterocycles. The van der Waals surface area contributed by atoms with E-state index in [-0.39, 0.29) is 29.8 Å². The van der Waals surface area contributed by atoms with Crippen LogP contribution in [-0.4, -0.2) is 52.9 Å². The van der Waals surface area contributed by atoms with Gasteiger partial charge in [0.05, 0.1) is 22.7 Å². The Morgan fingerprint density at radius 2 is 1.97 bits per heavy atom. The Kier molecular flexibility index (Phi) is 4.69. The molecule has 0 N–H and O–H groups in total. The maximum absolute atomic E-state index is 13.2. The molecule has 1 saturated heterocycles. The van der Waals surface area contributed by atoms with Crippen molar-refractivity contribution in [2.45, 2.75) is 25.4 Å². The summed E-state index contributed by atoms with van der Waals surface area (Å²) >= 11 is 0. The van der Waals surface area contributed by atoms with E-state index < -0.39 is 15.4 Å². The van der Waals surface area contributed by atoms with Crippen molar-refractivity contribution in [3.8, 4) is 22.6 Å². The molecule has 1 atom stereocenters. The van der Waals surface area contributed by atoms with Crippen molar-refractivity contribution in [1.29, 1.82) is 0 Å². The molecule has 3 aliphatic rings. The van der Waals surface area contributed by atoms with Crippen molar-refractivity contribution in [2.24, 2.45) is 0 Å². The summed E-state index contributed by atoms with van der Waals surface area (Å²) < 4.78 is 38.7. The van der Waals surface area contributed by atoms with Gasteiger partial charge in [-0.05, 0) is 55.8 Å². The predicted octanol–water partition coefficient (Wildman–Crippen LogP) is 2.83. The largest absolute Gasteiger partial charge is 0.338 e. The van der Waals surface area contributed by atoms with Gasteiger partial charge >= 0.3 is 0 Å². The van der Waals surface area contributed by atoms with Crippen LogP contribution >= 0.6 is 0 Å². The van der Waals surface area contributed by atoms with Gasteiger partial charge in [0.1, 0.15) is 18.2 Å². The Balaban J connectivity index is 1.60. The number of benzene rings is 1. The molecular weight excluding hydrogens is 393 g/mol. The minimum Gasteiger partial charge on any atom is -0.338 e. The third-order valence-corrected chi connectivity index (χ3v) is 7.59. The first-order valence-corrected chi connectivity index (χ1v) is 11.2. The molecule has 0 spiro atoms. The molecule has 1 aromatic rings. The van der Waals surface area contributed by atoms with Crippen molar-refractivity contribution in [2.75, 3.05) is 18.6 Å². The molecule has 0 saturated carbocycles. The molecule has 1 fully saturated rings. The first-order valence-electron chi connectivity index (χ1n) is 9.36. The number of fused-ring (bicyclic) bond motifs is 1. The molecule has 0 aromatic heterocycles. The zero-order valence-electron chi connectivity index (χ0n) is 16.3. The number of rotatable bonds is 4. The van der Waals surface area contributed by atoms with Crippen LogP contribution in [0.4, 0.5) is 4.39 Å². The smallest absolute Gasteiger partial charge is 0.242 e. The summed E-state index contributed by atoms with van der Waals surface area (Å²) in [6.45, 7) is 1.87. The van der Waals surface area contributed by atoms with E-state index in [1.54, 1.807) is 34.8 Å². The van der Waals surface area contributed by atoms with Crippen molar-refractivity contribution in [3.05, 3.63) is 54.5 Å². The summed E-state index contributed by atoms with van der Waals surface area (Å²) in [7, 11) is -1.45. The van der Waals surface area contributed by atoms with Gasteiger partial charge in [-0.2, -0.15) is 0 Å². The Bertz CT molecular complexity index is 1140. The van der Waals surface area contributed by atoms with Gasteiger partial charge in [0.2, 0.25) is 5.91 Å². The Hall–Kier alpha value is -2.74. The summed E-state index contributed by atoms with van der Waals surface area (Å²) in [4.78, 5) is 19.1. The SMILES string of the molecule is CN(C(=O)Cn1cccc2cc(-c3ccc(F)cc3)nc1-2)C1(C)CCS(=O)(=O)C1. The number of hydrogen-bond donors (Lipinski definition) is 0. The van der Waals surface area contributed by atoms with Crippen molar-refractivity contribution < 1.29 is 17.6 Å². The van der Waals surface area contributed by atoms with Crippen LogP contribution in [0.15, 0.2) is 48.7 Å². The fourth-order valence-corrected chi connectivity index (χ4v) is 5.98. The van der Waals surface area contributed by atoms with Gasteiger partial charge < -0.3 is 9.47 Å². The third kappa shape index (κ3) is 3.76. The second-order valence-electron chi connectivity index (χ2n) is 7.86. The fourth-order valence-electron chi connectivity index (χ4n) is 3.80. The summed E-state index contributed by atoms with van der Waals surface area (Å²) in [5.41, 5.74) is 1.68. The van der Waals surface area contributed by atoms with Gasteiger partial charge in [0.25, 0.3) is 0 Å². The molecule has 3 heterocycles. The zero-order chi connectivity index (χ0) is 20.8. The number of pyridine rings is 1. The summed E-state index contributed by atoms with van der Waals surface area (Å²) in [6, 6.07) is 11.8. The normalized spacial score (nSPS) is 20.8. The average Bonchev–Trinajstić information content (AvgIpc) is 3.23. The number of carbonyl (C=O) groups excluding carboxylic acids is 1. The minimum absolute atomic E-state index is 0.0134. The molecule has 1 amide bonds. The van der Waals surface area contributed by atoms with E-state index in [9.17, 15) is 17.6 Å². The van der Waals surface area contributed by atoms with Gasteiger partial charge in [-0.3, -0.25) is 4.79 Å². The van der Waals surface area contributed by atoms with E-state index in [1.165, 1.54) is 12.1 Å². The quantitative estimate of drug-likeness (QED) is 0.657. The lowest BCUT2D eigenvalue weighted by molar-refractivity contribution is -0.135. The Labute approximate surface area is 169 Å². The van der Waals surface area contributed by atoms with Crippen LogP contribution in [0.1, 0.15) is 13.3 Å². The van der Waals surface area contributed by atoms with Crippen LogP contribution in [0.25, 0.3) is 22.6 Å². The van der Waals surface area contributed by atoms with Crippen molar-refractivity contribution >= 4 is 15.7 Å². The second kappa shape index (κ2) is 6.95. The molecule has 6 nitrogen and oxygen atoms in total. The summed E-state index contributed by atoms with van der Waals surface area (Å²) in [5.74, 6) is 0.262. The first-order chi connectivity index (χ1) is 13.7. The average molecular weight is 415 g/mol. The highest BCUT2D eigenvalue weighted by molar-refractivity contribution is 7.91. The van der Waals surface area contributed by atoms with E-state index >= 15 is 0 Å². The number of amides is 1. The number of halogens is 1. The number of sulfone groups is 1. The van der Waals surface area contributed by atoms with Crippen LogP contribution in [0, 0.1) is 5.82 Å². The van der Waals surface area contributed by atoms with E-state index in [4.69, 9.17) is 0 Å². The zero-order valence-corrected chi connectivity index (χ0v) is 17.1. The summed E-state index contributed by atoms with van der Waals surface area (Å²) in [6.07, 6.45) is 2.22. The topological polar surface area (TPSA) is 72.3 Å². The third-order valence-electron chi connectivity index (χ3n) is 5.70. The minimum atomic E-state index is -3.11. The van der Waals surface area contributed by atoms with Crippen molar-refractivity contribution in [3.63, 3.8) is 0 Å². The van der Waals surface area contributed by atoms with E-state index in [0.717, 1.165) is 11.1 Å². The Morgan fingerprint density at radius 3 is 2.62 bits per heavy atom. The number of nitrogens with zero attached hydrogens (tertiary/aromatic N) is 3. The number of aromatic nitrogens is 2. The first kappa shape index (κ1) is 19.6. The van der Waals surface area contributed by atoms with Crippen LogP contribution in [0.3, 0.4) is 0 Å². The number of hydrogen-bond acceptors (Lipinski definition) is 4. The fraction of sp³-hybridized carbons (Fsp3) is 0.333. The van der Waals surface area contributed by atoms with Crippen molar-refractivity contribution in [1.82, 2.24) is 14.5 Å². The molecular formula is C21H22FN3O3S. The lowest BCUT2D eigenvalue weighted by Gasteiger charge is -2.34. The predicted molar refractivity (Wildman–Crippen MR) is 109 cm³/mol. The van der Waals surface area contributed by atoms with Gasteiger partial charge in [-0.1, -0.05) is 0 Å². The molecule has 29 heavy (non-hydrogen) atoms. The maximum Gasteiger partial charge on any atom is 0.242 e. The highest BCUT2D eigenvalue weighted by Gasteiger charge is 2.43. The lowest BCUT2D eigenvalue weighted by atomic mass is 10.00. The molecule has 0 radical (unpaired) electrons. The number of carbonyl (C=O) groups is 1.